The van der Waals surface area contributed by atoms with Gasteiger partial charge in [0.15, 0.2) is 5.84 Å². The van der Waals surface area contributed by atoms with Crippen molar-refractivity contribution in [3.05, 3.63) is 35.4 Å². The largest absolute Gasteiger partial charge is 0.409 e. The fraction of sp³-hybridized carbons (Fsp3) is 0.588. The zero-order valence-corrected chi connectivity index (χ0v) is 13.0. The van der Waals surface area contributed by atoms with E-state index in [-0.39, 0.29) is 5.84 Å². The van der Waals surface area contributed by atoms with Crippen molar-refractivity contribution in [1.82, 2.24) is 5.32 Å². The van der Waals surface area contributed by atoms with Gasteiger partial charge in [0.1, 0.15) is 0 Å². The van der Waals surface area contributed by atoms with Gasteiger partial charge < -0.3 is 16.3 Å². The molecule has 2 rings (SSSR count). The number of hydrogen-bond donors (Lipinski definition) is 3. The first-order chi connectivity index (χ1) is 10.1. The van der Waals surface area contributed by atoms with Crippen molar-refractivity contribution in [2.75, 3.05) is 0 Å². The van der Waals surface area contributed by atoms with Crippen molar-refractivity contribution in [3.63, 3.8) is 0 Å². The maximum Gasteiger partial charge on any atom is 0.170 e. The molecule has 0 bridgehead atoms. The van der Waals surface area contributed by atoms with E-state index in [9.17, 15) is 0 Å². The van der Waals surface area contributed by atoms with Crippen LogP contribution in [0.25, 0.3) is 0 Å². The Hall–Kier alpha value is -1.55. The molecule has 0 amide bonds. The topological polar surface area (TPSA) is 70.6 Å². The van der Waals surface area contributed by atoms with Crippen LogP contribution in [-0.4, -0.2) is 17.1 Å². The molecule has 4 heteroatoms. The molecular formula is C17H27N3O. The van der Waals surface area contributed by atoms with Crippen LogP contribution in [0.4, 0.5) is 0 Å². The number of oxime groups is 1. The van der Waals surface area contributed by atoms with Crippen molar-refractivity contribution in [2.45, 2.75) is 52.1 Å². The summed E-state index contributed by atoms with van der Waals surface area (Å²) in [5, 5.41) is 15.4. The Kier molecular flexibility index (Phi) is 5.62. The quantitative estimate of drug-likeness (QED) is 0.337. The number of nitrogens with zero attached hydrogens (tertiary/aromatic N) is 1. The van der Waals surface area contributed by atoms with Crippen LogP contribution >= 0.6 is 0 Å². The van der Waals surface area contributed by atoms with Gasteiger partial charge in [-0.15, -0.1) is 0 Å². The molecular weight excluding hydrogens is 262 g/mol. The molecule has 4 N–H and O–H groups in total. The van der Waals surface area contributed by atoms with Crippen LogP contribution in [0.2, 0.25) is 0 Å². The molecule has 1 aromatic rings. The Balaban J connectivity index is 1.92. The molecule has 116 valence electrons. The van der Waals surface area contributed by atoms with Crippen molar-refractivity contribution >= 4 is 5.84 Å². The first-order valence-corrected chi connectivity index (χ1v) is 7.92. The van der Waals surface area contributed by atoms with Gasteiger partial charge in [-0.1, -0.05) is 56.1 Å². The zero-order valence-electron chi connectivity index (χ0n) is 13.0. The molecule has 1 aromatic carbocycles. The zero-order chi connectivity index (χ0) is 15.2. The summed E-state index contributed by atoms with van der Waals surface area (Å²) >= 11 is 0. The van der Waals surface area contributed by atoms with E-state index in [1.54, 1.807) is 0 Å². The highest BCUT2D eigenvalue weighted by Gasteiger charge is 2.26. The number of benzene rings is 1. The smallest absolute Gasteiger partial charge is 0.170 e. The maximum atomic E-state index is 8.66. The predicted octanol–water partition coefficient (Wildman–Crippen LogP) is 3.09. The summed E-state index contributed by atoms with van der Waals surface area (Å²) in [5.41, 5.74) is 7.55. The lowest BCUT2D eigenvalue weighted by atomic mass is 9.78. The third-order valence-electron chi connectivity index (χ3n) is 4.60. The predicted molar refractivity (Wildman–Crippen MR) is 86.4 cm³/mol. The Bertz CT molecular complexity index is 467. The van der Waals surface area contributed by atoms with Gasteiger partial charge in [-0.2, -0.15) is 0 Å². The van der Waals surface area contributed by atoms with Gasteiger partial charge in [-0.3, -0.25) is 0 Å². The number of amidine groups is 1. The fourth-order valence-electron chi connectivity index (χ4n) is 3.31. The molecule has 0 saturated heterocycles. The van der Waals surface area contributed by atoms with E-state index in [2.05, 4.69) is 24.3 Å². The van der Waals surface area contributed by atoms with Crippen LogP contribution in [0.5, 0.6) is 0 Å². The number of nitrogens with two attached hydrogens (primary N) is 1. The molecule has 2 unspecified atom stereocenters. The molecule has 1 aliphatic carbocycles. The Morgan fingerprint density at radius 3 is 2.57 bits per heavy atom. The van der Waals surface area contributed by atoms with Gasteiger partial charge in [0.25, 0.3) is 0 Å². The summed E-state index contributed by atoms with van der Waals surface area (Å²) in [6, 6.07) is 8.49. The molecule has 0 heterocycles. The van der Waals surface area contributed by atoms with Crippen LogP contribution in [0.3, 0.4) is 0 Å². The van der Waals surface area contributed by atoms with Gasteiger partial charge in [-0.05, 0) is 30.2 Å². The Labute approximate surface area is 127 Å². The van der Waals surface area contributed by atoms with Gasteiger partial charge in [0.05, 0.1) is 0 Å². The van der Waals surface area contributed by atoms with E-state index in [0.717, 1.165) is 23.9 Å². The van der Waals surface area contributed by atoms with Crippen LogP contribution < -0.4 is 11.1 Å². The lowest BCUT2D eigenvalue weighted by Gasteiger charge is -2.35. The third kappa shape index (κ3) is 4.21. The van der Waals surface area contributed by atoms with Crippen molar-refractivity contribution in [1.29, 1.82) is 0 Å². The van der Waals surface area contributed by atoms with Crippen molar-refractivity contribution < 1.29 is 5.21 Å². The van der Waals surface area contributed by atoms with Crippen molar-refractivity contribution in [3.8, 4) is 0 Å². The van der Waals surface area contributed by atoms with Gasteiger partial charge in [0, 0.05) is 18.2 Å². The highest BCUT2D eigenvalue weighted by molar-refractivity contribution is 5.96. The average Bonchev–Trinajstić information content (AvgIpc) is 2.52. The maximum absolute atomic E-state index is 8.66. The van der Waals surface area contributed by atoms with Gasteiger partial charge >= 0.3 is 0 Å². The van der Waals surface area contributed by atoms with Crippen molar-refractivity contribution in [2.24, 2.45) is 22.7 Å². The lowest BCUT2D eigenvalue weighted by Crippen LogP contribution is -2.40. The summed E-state index contributed by atoms with van der Waals surface area (Å²) in [6.45, 7) is 5.54. The minimum absolute atomic E-state index is 0.154. The third-order valence-corrected chi connectivity index (χ3v) is 4.60. The minimum atomic E-state index is 0.154. The average molecular weight is 289 g/mol. The first kappa shape index (κ1) is 15.8. The van der Waals surface area contributed by atoms with E-state index in [4.69, 9.17) is 10.9 Å². The second-order valence-electron chi connectivity index (χ2n) is 6.36. The molecule has 0 aliphatic heterocycles. The fourth-order valence-corrected chi connectivity index (χ4v) is 3.31. The molecule has 1 aliphatic rings. The summed E-state index contributed by atoms with van der Waals surface area (Å²) in [6.07, 6.45) is 5.33. The summed E-state index contributed by atoms with van der Waals surface area (Å²) in [5.74, 6) is 1.68. The van der Waals surface area contributed by atoms with Crippen LogP contribution in [0, 0.1) is 11.8 Å². The highest BCUT2D eigenvalue weighted by atomic mass is 16.4. The SMILES string of the molecule is CC(C)C1CCCCC1NCc1ccc(/C(N)=N/O)cc1. The molecule has 0 spiro atoms. The molecule has 21 heavy (non-hydrogen) atoms. The van der Waals surface area contributed by atoms with E-state index < -0.39 is 0 Å². The van der Waals surface area contributed by atoms with E-state index >= 15 is 0 Å². The molecule has 0 radical (unpaired) electrons. The number of hydrogen-bond acceptors (Lipinski definition) is 3. The number of rotatable bonds is 5. The normalized spacial score (nSPS) is 23.5. The van der Waals surface area contributed by atoms with Crippen LogP contribution in [-0.2, 0) is 6.54 Å². The molecule has 1 saturated carbocycles. The van der Waals surface area contributed by atoms with Gasteiger partial charge in [-0.25, -0.2) is 0 Å². The number of nitrogens with one attached hydrogen (secondary N) is 1. The van der Waals surface area contributed by atoms with E-state index in [0.29, 0.717) is 6.04 Å². The van der Waals surface area contributed by atoms with E-state index in [1.807, 2.05) is 24.3 Å². The van der Waals surface area contributed by atoms with Crippen LogP contribution in [0.15, 0.2) is 29.4 Å². The molecule has 2 atom stereocenters. The first-order valence-electron chi connectivity index (χ1n) is 7.92. The second kappa shape index (κ2) is 7.46. The van der Waals surface area contributed by atoms with Gasteiger partial charge in [0.2, 0.25) is 0 Å². The summed E-state index contributed by atoms with van der Waals surface area (Å²) in [7, 11) is 0. The summed E-state index contributed by atoms with van der Waals surface area (Å²) < 4.78 is 0. The highest BCUT2D eigenvalue weighted by Crippen LogP contribution is 2.30. The Morgan fingerprint density at radius 2 is 1.95 bits per heavy atom. The monoisotopic (exact) mass is 289 g/mol. The second-order valence-corrected chi connectivity index (χ2v) is 6.36. The van der Waals surface area contributed by atoms with Crippen LogP contribution in [0.1, 0.15) is 50.7 Å². The summed E-state index contributed by atoms with van der Waals surface area (Å²) in [4.78, 5) is 0. The standard InChI is InChI=1S/C17H27N3O/c1-12(2)15-5-3-4-6-16(15)19-11-13-7-9-14(10-8-13)17(18)20-21/h7-10,12,15-16,19,21H,3-6,11H2,1-2H3,(H2,18,20). The Morgan fingerprint density at radius 1 is 1.29 bits per heavy atom. The molecule has 0 aromatic heterocycles. The van der Waals surface area contributed by atoms with E-state index in [1.165, 1.54) is 31.2 Å². The lowest BCUT2D eigenvalue weighted by molar-refractivity contribution is 0.204. The minimum Gasteiger partial charge on any atom is -0.409 e. The molecule has 1 fully saturated rings. The molecule has 4 nitrogen and oxygen atoms in total.